The summed E-state index contributed by atoms with van der Waals surface area (Å²) in [5, 5.41) is 12.3. The molecule has 15 heavy (non-hydrogen) atoms. The molecule has 0 atom stereocenters. The molecule has 6 nitrogen and oxygen atoms in total. The second kappa shape index (κ2) is 4.41. The summed E-state index contributed by atoms with van der Waals surface area (Å²) in [4.78, 5) is 11.4. The molecule has 2 aromatic rings. The number of carbonyl (C=O) groups is 1. The van der Waals surface area contributed by atoms with Crippen LogP contribution in [0.2, 0.25) is 0 Å². The van der Waals surface area contributed by atoms with Gasteiger partial charge in [0.25, 0.3) is 5.91 Å². The van der Waals surface area contributed by atoms with Gasteiger partial charge in [0, 0.05) is 13.0 Å². The maximum absolute atomic E-state index is 11.4. The topological polar surface area (TPSA) is 83.8 Å². The molecule has 0 saturated carbocycles. The molecule has 78 valence electrons. The van der Waals surface area contributed by atoms with Crippen molar-refractivity contribution in [2.45, 2.75) is 6.42 Å². The number of carbonyl (C=O) groups excluding carboxylic acids is 1. The Morgan fingerprint density at radius 2 is 2.53 bits per heavy atom. The second-order valence-electron chi connectivity index (χ2n) is 2.94. The van der Waals surface area contributed by atoms with Gasteiger partial charge in [-0.05, 0) is 12.1 Å². The van der Waals surface area contributed by atoms with E-state index in [2.05, 4.69) is 20.7 Å². The number of rotatable bonds is 4. The van der Waals surface area contributed by atoms with Gasteiger partial charge in [0.05, 0.1) is 12.5 Å². The number of aromatic amines is 1. The van der Waals surface area contributed by atoms with Crippen molar-refractivity contribution >= 4 is 5.91 Å². The van der Waals surface area contributed by atoms with Crippen LogP contribution in [-0.2, 0) is 6.42 Å². The lowest BCUT2D eigenvalue weighted by atomic mass is 10.3. The second-order valence-corrected chi connectivity index (χ2v) is 2.94. The van der Waals surface area contributed by atoms with Gasteiger partial charge in [-0.15, -0.1) is 0 Å². The largest absolute Gasteiger partial charge is 0.469 e. The first-order valence-electron chi connectivity index (χ1n) is 4.52. The summed E-state index contributed by atoms with van der Waals surface area (Å²) in [5.74, 6) is 0.603. The van der Waals surface area contributed by atoms with E-state index in [-0.39, 0.29) is 11.6 Å². The quantitative estimate of drug-likeness (QED) is 0.757. The van der Waals surface area contributed by atoms with Crippen LogP contribution in [0.5, 0.6) is 0 Å². The third kappa shape index (κ3) is 2.43. The number of nitrogens with one attached hydrogen (secondary N) is 2. The Hall–Kier alpha value is -2.11. The van der Waals surface area contributed by atoms with Crippen LogP contribution in [0.15, 0.2) is 29.0 Å². The monoisotopic (exact) mass is 206 g/mol. The Morgan fingerprint density at radius 3 is 3.20 bits per heavy atom. The highest BCUT2D eigenvalue weighted by atomic mass is 16.3. The molecule has 0 spiro atoms. The van der Waals surface area contributed by atoms with Crippen molar-refractivity contribution in [1.82, 2.24) is 20.7 Å². The fourth-order valence-electron chi connectivity index (χ4n) is 1.16. The predicted molar refractivity (Wildman–Crippen MR) is 51.1 cm³/mol. The van der Waals surface area contributed by atoms with E-state index in [1.54, 1.807) is 6.26 Å². The molecule has 2 aromatic heterocycles. The molecule has 2 N–H and O–H groups in total. The number of aromatic nitrogens is 3. The van der Waals surface area contributed by atoms with Crippen molar-refractivity contribution < 1.29 is 9.21 Å². The molecular weight excluding hydrogens is 196 g/mol. The van der Waals surface area contributed by atoms with E-state index in [0.717, 1.165) is 5.76 Å². The van der Waals surface area contributed by atoms with Crippen LogP contribution in [0.3, 0.4) is 0 Å². The third-order valence-corrected chi connectivity index (χ3v) is 1.88. The lowest BCUT2D eigenvalue weighted by molar-refractivity contribution is 0.0948. The Kier molecular flexibility index (Phi) is 2.77. The van der Waals surface area contributed by atoms with Crippen molar-refractivity contribution in [1.29, 1.82) is 0 Å². The zero-order chi connectivity index (χ0) is 10.5. The SMILES string of the molecule is O=C(NCCc1ccco1)c1cn[nH]n1. The minimum atomic E-state index is -0.240. The summed E-state index contributed by atoms with van der Waals surface area (Å²) in [5.41, 5.74) is 0.287. The highest BCUT2D eigenvalue weighted by Gasteiger charge is 2.07. The molecule has 0 unspecified atom stereocenters. The lowest BCUT2D eigenvalue weighted by Gasteiger charge is -1.99. The van der Waals surface area contributed by atoms with Crippen LogP contribution in [0.1, 0.15) is 16.2 Å². The average molecular weight is 206 g/mol. The third-order valence-electron chi connectivity index (χ3n) is 1.88. The summed E-state index contributed by atoms with van der Waals surface area (Å²) in [6, 6.07) is 3.68. The standard InChI is InChI=1S/C9H10N4O2/c14-9(8-6-11-13-12-8)10-4-3-7-2-1-5-15-7/h1-2,5-6H,3-4H2,(H,10,14)(H,11,12,13). The number of nitrogens with zero attached hydrogens (tertiary/aromatic N) is 2. The molecule has 0 aliphatic heterocycles. The number of hydrogen-bond acceptors (Lipinski definition) is 4. The van der Waals surface area contributed by atoms with Gasteiger partial charge in [-0.1, -0.05) is 0 Å². The van der Waals surface area contributed by atoms with Gasteiger partial charge < -0.3 is 9.73 Å². The Balaban J connectivity index is 1.77. The molecule has 2 heterocycles. The van der Waals surface area contributed by atoms with Crippen LogP contribution in [0, 0.1) is 0 Å². The van der Waals surface area contributed by atoms with E-state index >= 15 is 0 Å². The van der Waals surface area contributed by atoms with Crippen LogP contribution in [0.25, 0.3) is 0 Å². The average Bonchev–Trinajstić information content (AvgIpc) is 2.90. The summed E-state index contributed by atoms with van der Waals surface area (Å²) >= 11 is 0. The molecule has 2 rings (SSSR count). The molecule has 0 aliphatic carbocycles. The summed E-state index contributed by atoms with van der Waals surface area (Å²) in [6.07, 6.45) is 3.65. The molecule has 0 fully saturated rings. The van der Waals surface area contributed by atoms with E-state index in [9.17, 15) is 4.79 Å². The number of furan rings is 1. The molecule has 0 radical (unpaired) electrons. The Labute approximate surface area is 85.7 Å². The first-order chi connectivity index (χ1) is 7.36. The molecule has 0 aromatic carbocycles. The summed E-state index contributed by atoms with van der Waals surface area (Å²) in [6.45, 7) is 0.513. The van der Waals surface area contributed by atoms with Crippen molar-refractivity contribution in [2.75, 3.05) is 6.54 Å². The normalized spacial score (nSPS) is 10.1. The smallest absolute Gasteiger partial charge is 0.273 e. The van der Waals surface area contributed by atoms with Crippen LogP contribution in [-0.4, -0.2) is 27.9 Å². The van der Waals surface area contributed by atoms with Gasteiger partial charge in [0.15, 0.2) is 5.69 Å². The van der Waals surface area contributed by atoms with Gasteiger partial charge in [-0.25, -0.2) is 0 Å². The first kappa shape index (κ1) is 9.45. The van der Waals surface area contributed by atoms with Crippen LogP contribution < -0.4 is 5.32 Å². The molecule has 0 bridgehead atoms. The molecule has 0 saturated heterocycles. The van der Waals surface area contributed by atoms with Gasteiger partial charge in [0.1, 0.15) is 5.76 Å². The van der Waals surface area contributed by atoms with E-state index in [4.69, 9.17) is 4.42 Å². The maximum atomic E-state index is 11.4. The van der Waals surface area contributed by atoms with Crippen molar-refractivity contribution in [2.24, 2.45) is 0 Å². The highest BCUT2D eigenvalue weighted by Crippen LogP contribution is 1.99. The molecule has 6 heteroatoms. The number of H-pyrrole nitrogens is 1. The van der Waals surface area contributed by atoms with E-state index < -0.39 is 0 Å². The zero-order valence-corrected chi connectivity index (χ0v) is 7.93. The Bertz CT molecular complexity index is 407. The molecule has 0 aliphatic rings. The van der Waals surface area contributed by atoms with Crippen LogP contribution in [0.4, 0.5) is 0 Å². The summed E-state index contributed by atoms with van der Waals surface area (Å²) < 4.78 is 5.12. The minimum absolute atomic E-state index is 0.240. The molecular formula is C9H10N4O2. The zero-order valence-electron chi connectivity index (χ0n) is 7.93. The molecule has 1 amide bonds. The van der Waals surface area contributed by atoms with Gasteiger partial charge in [0.2, 0.25) is 0 Å². The highest BCUT2D eigenvalue weighted by molar-refractivity contribution is 5.91. The van der Waals surface area contributed by atoms with Gasteiger partial charge in [-0.3, -0.25) is 4.79 Å². The predicted octanol–water partition coefficient (Wildman–Crippen LogP) is 0.370. The fourth-order valence-corrected chi connectivity index (χ4v) is 1.16. The lowest BCUT2D eigenvalue weighted by Crippen LogP contribution is -2.25. The van der Waals surface area contributed by atoms with E-state index in [1.165, 1.54) is 6.20 Å². The van der Waals surface area contributed by atoms with Crippen molar-refractivity contribution in [3.8, 4) is 0 Å². The van der Waals surface area contributed by atoms with Gasteiger partial charge in [-0.2, -0.15) is 15.4 Å². The van der Waals surface area contributed by atoms with E-state index in [0.29, 0.717) is 13.0 Å². The first-order valence-corrected chi connectivity index (χ1v) is 4.52. The minimum Gasteiger partial charge on any atom is -0.469 e. The fraction of sp³-hybridized carbons (Fsp3) is 0.222. The van der Waals surface area contributed by atoms with Gasteiger partial charge >= 0.3 is 0 Å². The van der Waals surface area contributed by atoms with Crippen LogP contribution >= 0.6 is 0 Å². The van der Waals surface area contributed by atoms with E-state index in [1.807, 2.05) is 12.1 Å². The Morgan fingerprint density at radius 1 is 1.60 bits per heavy atom. The maximum Gasteiger partial charge on any atom is 0.273 e. The van der Waals surface area contributed by atoms with Crippen molar-refractivity contribution in [3.05, 3.63) is 36.0 Å². The van der Waals surface area contributed by atoms with Crippen molar-refractivity contribution in [3.63, 3.8) is 0 Å². The summed E-state index contributed by atoms with van der Waals surface area (Å²) in [7, 11) is 0. The number of amides is 1. The number of hydrogen-bond donors (Lipinski definition) is 2.